The molecule has 1 aromatic carbocycles. The van der Waals surface area contributed by atoms with Gasteiger partial charge in [-0.2, -0.15) is 0 Å². The largest absolute Gasteiger partial charge is 0.495 e. The number of methoxy groups -OCH3 is 1. The second-order valence-corrected chi connectivity index (χ2v) is 3.96. The van der Waals surface area contributed by atoms with E-state index in [9.17, 15) is 0 Å². The van der Waals surface area contributed by atoms with Gasteiger partial charge in [-0.25, -0.2) is 0 Å². The Labute approximate surface area is 98.0 Å². The zero-order valence-electron chi connectivity index (χ0n) is 8.83. The van der Waals surface area contributed by atoms with Crippen LogP contribution in [-0.2, 0) is 0 Å². The number of rotatable bonds is 3. The van der Waals surface area contributed by atoms with Gasteiger partial charge in [-0.15, -0.1) is 0 Å². The minimum absolute atomic E-state index is 0.118. The third-order valence-electron chi connectivity index (χ3n) is 2.54. The van der Waals surface area contributed by atoms with Gasteiger partial charge in [0.05, 0.1) is 30.3 Å². The van der Waals surface area contributed by atoms with Gasteiger partial charge in [0, 0.05) is 11.1 Å². The molecule has 0 radical (unpaired) electrons. The van der Waals surface area contributed by atoms with Crippen molar-refractivity contribution in [1.82, 2.24) is 4.98 Å². The monoisotopic (exact) mass is 240 g/mol. The van der Waals surface area contributed by atoms with Gasteiger partial charge in [0.15, 0.2) is 0 Å². The van der Waals surface area contributed by atoms with Crippen LogP contribution in [0.2, 0.25) is 5.02 Å². The zero-order valence-corrected chi connectivity index (χ0v) is 9.58. The molecule has 1 heterocycles. The van der Waals surface area contributed by atoms with Crippen molar-refractivity contribution in [1.29, 1.82) is 0 Å². The molecular formula is C11H13ClN2O2. The summed E-state index contributed by atoms with van der Waals surface area (Å²) in [5.41, 5.74) is 7.27. The number of halogens is 1. The van der Waals surface area contributed by atoms with E-state index in [4.69, 9.17) is 27.2 Å². The summed E-state index contributed by atoms with van der Waals surface area (Å²) < 4.78 is 5.22. The van der Waals surface area contributed by atoms with Crippen LogP contribution in [0.4, 0.5) is 0 Å². The summed E-state index contributed by atoms with van der Waals surface area (Å²) in [6.45, 7) is -0.118. The number of aliphatic hydroxyl groups is 1. The quantitative estimate of drug-likeness (QED) is 0.766. The number of aromatic amines is 1. The van der Waals surface area contributed by atoms with E-state index in [1.54, 1.807) is 19.2 Å². The molecule has 16 heavy (non-hydrogen) atoms. The Morgan fingerprint density at radius 1 is 1.56 bits per heavy atom. The molecule has 2 aromatic rings. The van der Waals surface area contributed by atoms with Gasteiger partial charge < -0.3 is 20.6 Å². The van der Waals surface area contributed by atoms with Crippen molar-refractivity contribution in [3.05, 3.63) is 28.9 Å². The minimum Gasteiger partial charge on any atom is -0.495 e. The molecule has 5 heteroatoms. The summed E-state index contributed by atoms with van der Waals surface area (Å²) in [5, 5.41) is 10.5. The number of nitrogens with one attached hydrogen (secondary N) is 1. The number of H-pyrrole nitrogens is 1. The van der Waals surface area contributed by atoms with Gasteiger partial charge in [0.1, 0.15) is 5.75 Å². The highest BCUT2D eigenvalue weighted by atomic mass is 35.5. The molecule has 0 aliphatic carbocycles. The fourth-order valence-corrected chi connectivity index (χ4v) is 1.86. The normalized spacial score (nSPS) is 13.0. The van der Waals surface area contributed by atoms with E-state index in [2.05, 4.69) is 4.98 Å². The third kappa shape index (κ3) is 1.75. The average Bonchev–Trinajstić information content (AvgIpc) is 2.74. The number of nitrogens with two attached hydrogens (primary N) is 1. The average molecular weight is 241 g/mol. The maximum atomic E-state index is 9.00. The second kappa shape index (κ2) is 4.33. The number of hydrogen-bond acceptors (Lipinski definition) is 3. The third-order valence-corrected chi connectivity index (χ3v) is 2.87. The van der Waals surface area contributed by atoms with Crippen LogP contribution in [0.3, 0.4) is 0 Å². The van der Waals surface area contributed by atoms with Crippen LogP contribution in [0, 0.1) is 0 Å². The fourth-order valence-electron chi connectivity index (χ4n) is 1.65. The van der Waals surface area contributed by atoms with Crippen LogP contribution in [0.25, 0.3) is 10.9 Å². The fraction of sp³-hybridized carbons (Fsp3) is 0.273. The molecule has 0 fully saturated rings. The SMILES string of the molecule is COc1ccc(Cl)c2cc(C(N)CO)[nH]c12. The molecule has 0 spiro atoms. The van der Waals surface area contributed by atoms with Gasteiger partial charge in [-0.05, 0) is 18.2 Å². The molecule has 0 amide bonds. The van der Waals surface area contributed by atoms with Crippen molar-refractivity contribution in [2.75, 3.05) is 13.7 Å². The highest BCUT2D eigenvalue weighted by Gasteiger charge is 2.13. The first-order chi connectivity index (χ1) is 7.67. The number of ether oxygens (including phenoxy) is 1. The van der Waals surface area contributed by atoms with Crippen LogP contribution in [0.1, 0.15) is 11.7 Å². The van der Waals surface area contributed by atoms with Crippen LogP contribution in [-0.4, -0.2) is 23.8 Å². The smallest absolute Gasteiger partial charge is 0.143 e. The van der Waals surface area contributed by atoms with Gasteiger partial charge in [0.25, 0.3) is 0 Å². The van der Waals surface area contributed by atoms with E-state index in [1.807, 2.05) is 6.07 Å². The molecule has 4 nitrogen and oxygen atoms in total. The molecule has 2 rings (SSSR count). The van der Waals surface area contributed by atoms with E-state index >= 15 is 0 Å². The Kier molecular flexibility index (Phi) is 3.05. The predicted octanol–water partition coefficient (Wildman–Crippen LogP) is 1.82. The maximum absolute atomic E-state index is 9.00. The molecule has 4 N–H and O–H groups in total. The Hall–Kier alpha value is -1.23. The molecule has 0 saturated carbocycles. The summed E-state index contributed by atoms with van der Waals surface area (Å²) >= 11 is 6.07. The van der Waals surface area contributed by atoms with Crippen molar-refractivity contribution < 1.29 is 9.84 Å². The Bertz CT molecular complexity index is 510. The Morgan fingerprint density at radius 2 is 2.31 bits per heavy atom. The van der Waals surface area contributed by atoms with Crippen LogP contribution < -0.4 is 10.5 Å². The molecule has 1 aromatic heterocycles. The molecule has 0 saturated heterocycles. The molecular weight excluding hydrogens is 228 g/mol. The summed E-state index contributed by atoms with van der Waals surface area (Å²) in [5.74, 6) is 0.704. The minimum atomic E-state index is -0.437. The van der Waals surface area contributed by atoms with Crippen LogP contribution in [0.15, 0.2) is 18.2 Å². The molecule has 1 unspecified atom stereocenters. The predicted molar refractivity (Wildman–Crippen MR) is 63.9 cm³/mol. The second-order valence-electron chi connectivity index (χ2n) is 3.55. The summed E-state index contributed by atoms with van der Waals surface area (Å²) in [4.78, 5) is 3.11. The standard InChI is InChI=1S/C11H13ClN2O2/c1-16-10-3-2-7(12)6-4-9(8(13)5-15)14-11(6)10/h2-4,8,14-15H,5,13H2,1H3. The van der Waals surface area contributed by atoms with Crippen molar-refractivity contribution in [3.63, 3.8) is 0 Å². The lowest BCUT2D eigenvalue weighted by atomic mass is 10.2. The zero-order chi connectivity index (χ0) is 11.7. The summed E-state index contributed by atoms with van der Waals surface area (Å²) in [6, 6.07) is 4.95. The summed E-state index contributed by atoms with van der Waals surface area (Å²) in [7, 11) is 1.59. The lowest BCUT2D eigenvalue weighted by molar-refractivity contribution is 0.266. The van der Waals surface area contributed by atoms with Crippen molar-refractivity contribution in [2.45, 2.75) is 6.04 Å². The molecule has 1 atom stereocenters. The van der Waals surface area contributed by atoms with E-state index < -0.39 is 6.04 Å². The maximum Gasteiger partial charge on any atom is 0.143 e. The van der Waals surface area contributed by atoms with Gasteiger partial charge in [-0.3, -0.25) is 0 Å². The first-order valence-electron chi connectivity index (χ1n) is 4.89. The van der Waals surface area contributed by atoms with Crippen LogP contribution >= 0.6 is 11.6 Å². The molecule has 86 valence electrons. The number of aliphatic hydroxyl groups excluding tert-OH is 1. The van der Waals surface area contributed by atoms with Crippen molar-refractivity contribution in [3.8, 4) is 5.75 Å². The number of aromatic nitrogens is 1. The number of benzene rings is 1. The first-order valence-corrected chi connectivity index (χ1v) is 5.26. The number of hydrogen-bond donors (Lipinski definition) is 3. The highest BCUT2D eigenvalue weighted by molar-refractivity contribution is 6.35. The van der Waals surface area contributed by atoms with Gasteiger partial charge in [0.2, 0.25) is 0 Å². The van der Waals surface area contributed by atoms with Crippen molar-refractivity contribution in [2.24, 2.45) is 5.73 Å². The van der Waals surface area contributed by atoms with E-state index in [1.165, 1.54) is 0 Å². The lowest BCUT2D eigenvalue weighted by Crippen LogP contribution is -2.14. The van der Waals surface area contributed by atoms with Gasteiger partial charge >= 0.3 is 0 Å². The lowest BCUT2D eigenvalue weighted by Gasteiger charge is -2.04. The van der Waals surface area contributed by atoms with E-state index in [-0.39, 0.29) is 6.61 Å². The van der Waals surface area contributed by atoms with Crippen molar-refractivity contribution >= 4 is 22.5 Å². The Balaban J connectivity index is 2.63. The van der Waals surface area contributed by atoms with E-state index in [0.29, 0.717) is 10.8 Å². The van der Waals surface area contributed by atoms with Gasteiger partial charge in [-0.1, -0.05) is 11.6 Å². The highest BCUT2D eigenvalue weighted by Crippen LogP contribution is 2.32. The topological polar surface area (TPSA) is 71.3 Å². The molecule has 0 aliphatic rings. The molecule has 0 bridgehead atoms. The molecule has 0 aliphatic heterocycles. The first kappa shape index (κ1) is 11.3. The summed E-state index contributed by atoms with van der Waals surface area (Å²) in [6.07, 6.45) is 0. The van der Waals surface area contributed by atoms with Crippen LogP contribution in [0.5, 0.6) is 5.75 Å². The number of fused-ring (bicyclic) bond motifs is 1. The Morgan fingerprint density at radius 3 is 2.94 bits per heavy atom. The van der Waals surface area contributed by atoms with E-state index in [0.717, 1.165) is 16.6 Å².